The normalized spacial score (nSPS) is 10.3. The first-order chi connectivity index (χ1) is 13.2. The number of rotatable bonds is 8. The van der Waals surface area contributed by atoms with Gasteiger partial charge >= 0.3 is 0 Å². The summed E-state index contributed by atoms with van der Waals surface area (Å²) in [5.41, 5.74) is 2.06. The van der Waals surface area contributed by atoms with Gasteiger partial charge in [0.1, 0.15) is 11.6 Å². The minimum absolute atomic E-state index is 0.0642. The minimum atomic E-state index is -0.256. The summed E-state index contributed by atoms with van der Waals surface area (Å²) in [4.78, 5) is 16.2. The van der Waals surface area contributed by atoms with Crippen LogP contribution in [-0.2, 0) is 11.2 Å². The fraction of sp³-hybridized carbons (Fsp3) is 0.143. The van der Waals surface area contributed by atoms with Crippen LogP contribution in [0.15, 0.2) is 72.9 Å². The molecule has 6 heteroatoms. The predicted octanol–water partition coefficient (Wildman–Crippen LogP) is 4.41. The molecular weight excluding hydrogens is 362 g/mol. The Kier molecular flexibility index (Phi) is 6.66. The van der Waals surface area contributed by atoms with Crippen LogP contribution in [0.3, 0.4) is 0 Å². The van der Waals surface area contributed by atoms with Gasteiger partial charge in [-0.05, 0) is 48.4 Å². The fourth-order valence-electron chi connectivity index (χ4n) is 2.46. The van der Waals surface area contributed by atoms with Crippen LogP contribution in [0, 0.1) is 0 Å². The summed E-state index contributed by atoms with van der Waals surface area (Å²) in [7, 11) is 0. The number of pyridine rings is 1. The molecule has 0 aliphatic heterocycles. The first-order valence-corrected chi connectivity index (χ1v) is 8.99. The van der Waals surface area contributed by atoms with Gasteiger partial charge in [-0.3, -0.25) is 4.79 Å². The SMILES string of the molecule is O=C(COc1ccccc1)Nc1ccc(NCCc2cccc(Cl)c2)cn1. The van der Waals surface area contributed by atoms with Crippen LogP contribution < -0.4 is 15.4 Å². The summed E-state index contributed by atoms with van der Waals surface area (Å²) in [6, 6.07) is 20.6. The van der Waals surface area contributed by atoms with E-state index in [0.717, 1.165) is 23.7 Å². The maximum atomic E-state index is 11.9. The Balaban J connectivity index is 1.42. The molecule has 27 heavy (non-hydrogen) atoms. The molecule has 0 atom stereocenters. The Morgan fingerprint density at radius 2 is 1.89 bits per heavy atom. The predicted molar refractivity (Wildman–Crippen MR) is 108 cm³/mol. The summed E-state index contributed by atoms with van der Waals surface area (Å²) >= 11 is 5.98. The second-order valence-electron chi connectivity index (χ2n) is 5.89. The standard InChI is InChI=1S/C21H20ClN3O2/c22-17-6-4-5-16(13-17)11-12-23-18-9-10-20(24-14-18)25-21(26)15-27-19-7-2-1-3-8-19/h1-10,13-14,23H,11-12,15H2,(H,24,25,26). The summed E-state index contributed by atoms with van der Waals surface area (Å²) < 4.78 is 5.41. The van der Waals surface area contributed by atoms with Crippen LogP contribution in [0.25, 0.3) is 0 Å². The van der Waals surface area contributed by atoms with Gasteiger partial charge < -0.3 is 15.4 Å². The van der Waals surface area contributed by atoms with E-state index in [1.54, 1.807) is 24.4 Å². The number of para-hydroxylation sites is 1. The lowest BCUT2D eigenvalue weighted by molar-refractivity contribution is -0.118. The molecule has 5 nitrogen and oxygen atoms in total. The number of hydrogen-bond acceptors (Lipinski definition) is 4. The molecule has 0 aliphatic rings. The molecule has 1 aromatic heterocycles. The molecule has 2 N–H and O–H groups in total. The molecule has 2 aromatic carbocycles. The zero-order valence-electron chi connectivity index (χ0n) is 14.7. The first-order valence-electron chi connectivity index (χ1n) is 8.61. The van der Waals surface area contributed by atoms with E-state index < -0.39 is 0 Å². The Morgan fingerprint density at radius 3 is 2.63 bits per heavy atom. The highest BCUT2D eigenvalue weighted by molar-refractivity contribution is 6.30. The third-order valence-electron chi connectivity index (χ3n) is 3.78. The molecule has 138 valence electrons. The number of carbonyl (C=O) groups excluding carboxylic acids is 1. The van der Waals surface area contributed by atoms with Crippen molar-refractivity contribution in [2.75, 3.05) is 23.8 Å². The van der Waals surface area contributed by atoms with E-state index in [-0.39, 0.29) is 12.5 Å². The number of amides is 1. The third kappa shape index (κ3) is 6.31. The van der Waals surface area contributed by atoms with Gasteiger partial charge in [-0.25, -0.2) is 4.98 Å². The number of aromatic nitrogens is 1. The Morgan fingerprint density at radius 1 is 1.04 bits per heavy atom. The van der Waals surface area contributed by atoms with Crippen molar-refractivity contribution in [2.24, 2.45) is 0 Å². The maximum Gasteiger partial charge on any atom is 0.263 e. The molecule has 0 fully saturated rings. The van der Waals surface area contributed by atoms with Gasteiger partial charge in [0, 0.05) is 11.6 Å². The quantitative estimate of drug-likeness (QED) is 0.606. The number of nitrogens with zero attached hydrogens (tertiary/aromatic N) is 1. The van der Waals surface area contributed by atoms with Crippen molar-refractivity contribution in [1.82, 2.24) is 4.98 Å². The highest BCUT2D eigenvalue weighted by Gasteiger charge is 2.05. The molecule has 3 aromatic rings. The van der Waals surface area contributed by atoms with Crippen LogP contribution in [0.5, 0.6) is 5.75 Å². The second kappa shape index (κ2) is 9.59. The van der Waals surface area contributed by atoms with Gasteiger partial charge in [-0.1, -0.05) is 41.9 Å². The summed E-state index contributed by atoms with van der Waals surface area (Å²) in [6.07, 6.45) is 2.54. The Labute approximate surface area is 163 Å². The highest BCUT2D eigenvalue weighted by atomic mass is 35.5. The van der Waals surface area contributed by atoms with Crippen molar-refractivity contribution in [1.29, 1.82) is 0 Å². The first kappa shape index (κ1) is 18.7. The summed E-state index contributed by atoms with van der Waals surface area (Å²) in [5.74, 6) is 0.880. The van der Waals surface area contributed by atoms with E-state index in [2.05, 4.69) is 15.6 Å². The monoisotopic (exact) mass is 381 g/mol. The van der Waals surface area contributed by atoms with Crippen LogP contribution in [0.1, 0.15) is 5.56 Å². The van der Waals surface area contributed by atoms with Crippen LogP contribution >= 0.6 is 11.6 Å². The minimum Gasteiger partial charge on any atom is -0.484 e. The second-order valence-corrected chi connectivity index (χ2v) is 6.33. The number of hydrogen-bond donors (Lipinski definition) is 2. The van der Waals surface area contributed by atoms with Crippen LogP contribution in [-0.4, -0.2) is 24.0 Å². The number of benzene rings is 2. The van der Waals surface area contributed by atoms with Crippen molar-refractivity contribution >= 4 is 29.0 Å². The van der Waals surface area contributed by atoms with Gasteiger partial charge in [0.05, 0.1) is 11.9 Å². The molecule has 0 unspecified atom stereocenters. The van der Waals surface area contributed by atoms with E-state index >= 15 is 0 Å². The smallest absolute Gasteiger partial charge is 0.263 e. The maximum absolute atomic E-state index is 11.9. The van der Waals surface area contributed by atoms with E-state index in [0.29, 0.717) is 11.6 Å². The summed E-state index contributed by atoms with van der Waals surface area (Å²) in [6.45, 7) is 0.698. The highest BCUT2D eigenvalue weighted by Crippen LogP contribution is 2.13. The number of ether oxygens (including phenoxy) is 1. The van der Waals surface area contributed by atoms with E-state index in [4.69, 9.17) is 16.3 Å². The van der Waals surface area contributed by atoms with Crippen molar-refractivity contribution in [3.63, 3.8) is 0 Å². The fourth-order valence-corrected chi connectivity index (χ4v) is 2.67. The zero-order valence-corrected chi connectivity index (χ0v) is 15.4. The lowest BCUT2D eigenvalue weighted by Gasteiger charge is -2.09. The Hall–Kier alpha value is -3.05. The lowest BCUT2D eigenvalue weighted by Crippen LogP contribution is -2.20. The zero-order chi connectivity index (χ0) is 18.9. The molecule has 0 bridgehead atoms. The van der Waals surface area contributed by atoms with Crippen molar-refractivity contribution < 1.29 is 9.53 Å². The number of halogens is 1. The summed E-state index contributed by atoms with van der Waals surface area (Å²) in [5, 5.41) is 6.75. The molecule has 0 aliphatic carbocycles. The molecule has 1 amide bonds. The molecule has 0 radical (unpaired) electrons. The molecule has 1 heterocycles. The van der Waals surface area contributed by atoms with Gasteiger partial charge in [-0.2, -0.15) is 0 Å². The third-order valence-corrected chi connectivity index (χ3v) is 4.01. The van der Waals surface area contributed by atoms with Gasteiger partial charge in [-0.15, -0.1) is 0 Å². The molecule has 0 saturated carbocycles. The van der Waals surface area contributed by atoms with E-state index in [1.807, 2.05) is 48.5 Å². The number of nitrogens with one attached hydrogen (secondary N) is 2. The molecule has 3 rings (SSSR count). The van der Waals surface area contributed by atoms with Crippen LogP contribution in [0.2, 0.25) is 5.02 Å². The van der Waals surface area contributed by atoms with Crippen LogP contribution in [0.4, 0.5) is 11.5 Å². The van der Waals surface area contributed by atoms with Gasteiger partial charge in [0.25, 0.3) is 5.91 Å². The van der Waals surface area contributed by atoms with Crippen molar-refractivity contribution in [3.05, 3.63) is 83.5 Å². The lowest BCUT2D eigenvalue weighted by atomic mass is 10.1. The van der Waals surface area contributed by atoms with E-state index in [1.165, 1.54) is 5.56 Å². The number of carbonyl (C=O) groups is 1. The number of anilines is 2. The Bertz CT molecular complexity index is 870. The van der Waals surface area contributed by atoms with Crippen molar-refractivity contribution in [3.8, 4) is 5.75 Å². The van der Waals surface area contributed by atoms with Gasteiger partial charge in [0.2, 0.25) is 0 Å². The van der Waals surface area contributed by atoms with Gasteiger partial charge in [0.15, 0.2) is 6.61 Å². The van der Waals surface area contributed by atoms with E-state index in [9.17, 15) is 4.79 Å². The average molecular weight is 382 g/mol. The largest absolute Gasteiger partial charge is 0.484 e. The van der Waals surface area contributed by atoms with Crippen molar-refractivity contribution in [2.45, 2.75) is 6.42 Å². The molecule has 0 saturated heterocycles. The average Bonchev–Trinajstić information content (AvgIpc) is 2.69. The topological polar surface area (TPSA) is 63.2 Å². The molecule has 0 spiro atoms. The molecular formula is C21H20ClN3O2.